The normalized spacial score (nSPS) is 10.2. The van der Waals surface area contributed by atoms with E-state index in [9.17, 15) is 18.0 Å². The molecule has 0 bridgehead atoms. The van der Waals surface area contributed by atoms with Crippen molar-refractivity contribution in [1.29, 1.82) is 0 Å². The third-order valence-electron chi connectivity index (χ3n) is 2.14. The van der Waals surface area contributed by atoms with Crippen molar-refractivity contribution in [2.24, 2.45) is 5.73 Å². The molecule has 0 aliphatic rings. The zero-order valence-electron chi connectivity index (χ0n) is 11.7. The van der Waals surface area contributed by atoms with E-state index in [-0.39, 0.29) is 5.97 Å². The summed E-state index contributed by atoms with van der Waals surface area (Å²) in [6.07, 6.45) is -4.27. The number of halogens is 3. The number of carbonyl (C=O) groups excluding carboxylic acids is 1. The molecular formula is C13H16F3NO5. The van der Waals surface area contributed by atoms with Gasteiger partial charge in [-0.3, -0.25) is 0 Å². The molecule has 3 N–H and O–H groups in total. The van der Waals surface area contributed by atoms with Gasteiger partial charge in [0.05, 0.1) is 19.3 Å². The molecule has 0 heterocycles. The van der Waals surface area contributed by atoms with Crippen molar-refractivity contribution >= 4 is 11.9 Å². The molecule has 0 fully saturated rings. The van der Waals surface area contributed by atoms with Crippen molar-refractivity contribution in [2.75, 3.05) is 20.3 Å². The summed E-state index contributed by atoms with van der Waals surface area (Å²) in [5.74, 6) is -2.37. The van der Waals surface area contributed by atoms with Crippen LogP contribution in [0.4, 0.5) is 13.2 Å². The fourth-order valence-electron chi connectivity index (χ4n) is 1.08. The quantitative estimate of drug-likeness (QED) is 0.633. The lowest BCUT2D eigenvalue weighted by atomic mass is 10.2. The van der Waals surface area contributed by atoms with E-state index >= 15 is 0 Å². The number of aliphatic carboxylic acids is 1. The summed E-state index contributed by atoms with van der Waals surface area (Å²) >= 11 is 0. The van der Waals surface area contributed by atoms with Crippen LogP contribution in [0.5, 0.6) is 5.75 Å². The molecule has 0 saturated carbocycles. The highest BCUT2D eigenvalue weighted by Gasteiger charge is 2.38. The van der Waals surface area contributed by atoms with Crippen molar-refractivity contribution in [3.63, 3.8) is 0 Å². The Balaban J connectivity index is 0.000000534. The van der Waals surface area contributed by atoms with Crippen molar-refractivity contribution in [2.45, 2.75) is 12.6 Å². The third-order valence-corrected chi connectivity index (χ3v) is 2.14. The second-order valence-electron chi connectivity index (χ2n) is 3.81. The molecule has 0 spiro atoms. The van der Waals surface area contributed by atoms with Crippen LogP contribution >= 0.6 is 0 Å². The van der Waals surface area contributed by atoms with Crippen molar-refractivity contribution in [1.82, 2.24) is 0 Å². The van der Waals surface area contributed by atoms with E-state index in [1.165, 1.54) is 7.11 Å². The van der Waals surface area contributed by atoms with Gasteiger partial charge in [-0.1, -0.05) is 0 Å². The minimum absolute atomic E-state index is 0.344. The first-order valence-electron chi connectivity index (χ1n) is 6.03. The number of carboxylic acids is 1. The van der Waals surface area contributed by atoms with Crippen LogP contribution in [0, 0.1) is 0 Å². The first-order chi connectivity index (χ1) is 10.2. The number of benzene rings is 1. The summed E-state index contributed by atoms with van der Waals surface area (Å²) < 4.78 is 41.7. The van der Waals surface area contributed by atoms with Gasteiger partial charge in [0, 0.05) is 0 Å². The molecule has 0 amide bonds. The number of nitrogens with two attached hydrogens (primary N) is 1. The van der Waals surface area contributed by atoms with E-state index < -0.39 is 12.1 Å². The average molecular weight is 323 g/mol. The Kier molecular flexibility index (Phi) is 8.61. The van der Waals surface area contributed by atoms with Crippen LogP contribution < -0.4 is 10.5 Å². The fraction of sp³-hybridized carbons (Fsp3) is 0.385. The number of carbonyl (C=O) groups is 2. The second kappa shape index (κ2) is 9.61. The van der Waals surface area contributed by atoms with Crippen LogP contribution in [0.15, 0.2) is 24.3 Å². The molecule has 0 unspecified atom stereocenters. The van der Waals surface area contributed by atoms with Crippen LogP contribution in [-0.2, 0) is 9.53 Å². The van der Waals surface area contributed by atoms with Gasteiger partial charge in [0.25, 0.3) is 0 Å². The summed E-state index contributed by atoms with van der Waals surface area (Å²) in [7, 11) is 1.36. The van der Waals surface area contributed by atoms with Gasteiger partial charge in [-0.25, -0.2) is 9.59 Å². The molecule has 0 aliphatic heterocycles. The van der Waals surface area contributed by atoms with Gasteiger partial charge in [-0.15, -0.1) is 0 Å². The van der Waals surface area contributed by atoms with Gasteiger partial charge >= 0.3 is 18.1 Å². The Morgan fingerprint density at radius 1 is 1.23 bits per heavy atom. The molecule has 6 nitrogen and oxygen atoms in total. The van der Waals surface area contributed by atoms with Gasteiger partial charge in [0.2, 0.25) is 0 Å². The Bertz CT molecular complexity index is 474. The largest absolute Gasteiger partial charge is 0.494 e. The molecule has 22 heavy (non-hydrogen) atoms. The number of alkyl halides is 3. The van der Waals surface area contributed by atoms with Crippen LogP contribution in [0.3, 0.4) is 0 Å². The molecule has 9 heteroatoms. The molecule has 1 rings (SSSR count). The highest BCUT2D eigenvalue weighted by Crippen LogP contribution is 2.13. The number of esters is 1. The zero-order valence-corrected chi connectivity index (χ0v) is 11.7. The SMILES string of the molecule is COC(=O)c1ccc(OCCCN)cc1.O=C(O)C(F)(F)F. The van der Waals surface area contributed by atoms with Crippen LogP contribution in [0.1, 0.15) is 16.8 Å². The molecular weight excluding hydrogens is 307 g/mol. The number of methoxy groups -OCH3 is 1. The minimum Gasteiger partial charge on any atom is -0.494 e. The predicted molar refractivity (Wildman–Crippen MR) is 70.6 cm³/mol. The number of hydrogen-bond acceptors (Lipinski definition) is 5. The Morgan fingerprint density at radius 3 is 2.09 bits per heavy atom. The summed E-state index contributed by atoms with van der Waals surface area (Å²) in [5.41, 5.74) is 5.85. The van der Waals surface area contributed by atoms with Gasteiger partial charge in [-0.2, -0.15) is 13.2 Å². The zero-order chi connectivity index (χ0) is 17.2. The topological polar surface area (TPSA) is 98.9 Å². The van der Waals surface area contributed by atoms with Gasteiger partial charge in [0.15, 0.2) is 0 Å². The second-order valence-corrected chi connectivity index (χ2v) is 3.81. The van der Waals surface area contributed by atoms with Crippen molar-refractivity contribution in [3.05, 3.63) is 29.8 Å². The fourth-order valence-corrected chi connectivity index (χ4v) is 1.08. The lowest BCUT2D eigenvalue weighted by Crippen LogP contribution is -2.21. The van der Waals surface area contributed by atoms with Gasteiger partial charge < -0.3 is 20.3 Å². The van der Waals surface area contributed by atoms with E-state index in [0.29, 0.717) is 18.7 Å². The maximum atomic E-state index is 11.1. The third kappa shape index (κ3) is 8.10. The Hall–Kier alpha value is -2.29. The highest BCUT2D eigenvalue weighted by atomic mass is 19.4. The number of hydrogen-bond donors (Lipinski definition) is 2. The average Bonchev–Trinajstić information content (AvgIpc) is 2.47. The standard InChI is InChI=1S/C11H15NO3.C2HF3O2/c1-14-11(13)9-3-5-10(6-4-9)15-8-2-7-12;3-2(4,5)1(6)7/h3-6H,2,7-8,12H2,1H3;(H,6,7). The Labute approximate surface area is 124 Å². The van der Waals surface area contributed by atoms with Gasteiger partial charge in [-0.05, 0) is 37.2 Å². The van der Waals surface area contributed by atoms with Crippen LogP contribution in [0.25, 0.3) is 0 Å². The van der Waals surface area contributed by atoms with E-state index in [2.05, 4.69) is 4.74 Å². The molecule has 1 aromatic carbocycles. The smallest absolute Gasteiger partial charge is 0.490 e. The lowest BCUT2D eigenvalue weighted by Gasteiger charge is -2.05. The Morgan fingerprint density at radius 2 is 1.73 bits per heavy atom. The first kappa shape index (κ1) is 19.7. The lowest BCUT2D eigenvalue weighted by molar-refractivity contribution is -0.192. The molecule has 0 aromatic heterocycles. The van der Waals surface area contributed by atoms with E-state index in [0.717, 1.165) is 12.2 Å². The molecule has 0 radical (unpaired) electrons. The highest BCUT2D eigenvalue weighted by molar-refractivity contribution is 5.89. The van der Waals surface area contributed by atoms with E-state index in [4.69, 9.17) is 20.4 Å². The van der Waals surface area contributed by atoms with E-state index in [1.54, 1.807) is 24.3 Å². The number of ether oxygens (including phenoxy) is 2. The molecule has 0 saturated heterocycles. The molecule has 124 valence electrons. The van der Waals surface area contributed by atoms with Crippen LogP contribution in [0.2, 0.25) is 0 Å². The predicted octanol–water partition coefficient (Wildman–Crippen LogP) is 1.83. The summed E-state index contributed by atoms with van der Waals surface area (Å²) in [4.78, 5) is 20.0. The van der Waals surface area contributed by atoms with Gasteiger partial charge in [0.1, 0.15) is 5.75 Å². The maximum Gasteiger partial charge on any atom is 0.490 e. The summed E-state index contributed by atoms with van der Waals surface area (Å²) in [6.45, 7) is 1.20. The van der Waals surface area contributed by atoms with Crippen molar-refractivity contribution < 1.29 is 37.3 Å². The van der Waals surface area contributed by atoms with Crippen molar-refractivity contribution in [3.8, 4) is 5.75 Å². The number of rotatable bonds is 5. The minimum atomic E-state index is -5.08. The first-order valence-corrected chi connectivity index (χ1v) is 6.03. The number of carboxylic acid groups (broad SMARTS) is 1. The molecule has 0 aliphatic carbocycles. The molecule has 0 atom stereocenters. The van der Waals surface area contributed by atoms with E-state index in [1.807, 2.05) is 0 Å². The maximum absolute atomic E-state index is 11.1. The van der Waals surface area contributed by atoms with Crippen LogP contribution in [-0.4, -0.2) is 43.5 Å². The summed E-state index contributed by atoms with van der Waals surface area (Å²) in [6, 6.07) is 6.82. The monoisotopic (exact) mass is 323 g/mol. The summed E-state index contributed by atoms with van der Waals surface area (Å²) in [5, 5.41) is 7.12. The molecule has 1 aromatic rings.